The van der Waals surface area contributed by atoms with Gasteiger partial charge in [0.15, 0.2) is 0 Å². The fourth-order valence-corrected chi connectivity index (χ4v) is 1.23. The van der Waals surface area contributed by atoms with Crippen molar-refractivity contribution in [1.82, 2.24) is 0 Å². The molecule has 0 heteroatoms. The van der Waals surface area contributed by atoms with Crippen LogP contribution in [0.1, 0.15) is 40.0 Å². The first-order chi connectivity index (χ1) is 6.79. The lowest BCUT2D eigenvalue weighted by Gasteiger charge is -2.06. The largest absolute Gasteiger partial charge is 0.0985 e. The van der Waals surface area contributed by atoms with Crippen LogP contribution >= 0.6 is 0 Å². The summed E-state index contributed by atoms with van der Waals surface area (Å²) in [7, 11) is 0. The Kier molecular flexibility index (Phi) is 7.92. The van der Waals surface area contributed by atoms with Gasteiger partial charge in [-0.05, 0) is 30.9 Å². The first-order valence-electron chi connectivity index (χ1n) is 5.45. The van der Waals surface area contributed by atoms with Crippen LogP contribution in [-0.2, 0) is 0 Å². The van der Waals surface area contributed by atoms with Crippen molar-refractivity contribution in [2.24, 2.45) is 0 Å². The second-order valence-electron chi connectivity index (χ2n) is 3.29. The monoisotopic (exact) mass is 190 g/mol. The molecule has 0 saturated carbocycles. The lowest BCUT2D eigenvalue weighted by Crippen LogP contribution is -1.86. The van der Waals surface area contributed by atoms with Crippen molar-refractivity contribution >= 4 is 0 Å². The zero-order valence-corrected chi connectivity index (χ0v) is 9.72. The highest BCUT2D eigenvalue weighted by Crippen LogP contribution is 2.18. The molecule has 1 aliphatic carbocycles. The molecular weight excluding hydrogens is 168 g/mol. The van der Waals surface area contributed by atoms with Gasteiger partial charge in [0.2, 0.25) is 0 Å². The molecule has 0 amide bonds. The van der Waals surface area contributed by atoms with Gasteiger partial charge in [-0.1, -0.05) is 57.2 Å². The number of hydrogen-bond acceptors (Lipinski definition) is 0. The SMILES string of the molecule is C=C/C(=C\C)C1=CCCC=C1.CCC. The lowest BCUT2D eigenvalue weighted by atomic mass is 10.00. The smallest absolute Gasteiger partial charge is 0.0231 e. The Hall–Kier alpha value is -1.04. The van der Waals surface area contributed by atoms with E-state index in [1.54, 1.807) is 0 Å². The van der Waals surface area contributed by atoms with Crippen molar-refractivity contribution in [2.45, 2.75) is 40.0 Å². The molecule has 1 aliphatic rings. The van der Waals surface area contributed by atoms with Crippen LogP contribution in [0, 0.1) is 0 Å². The van der Waals surface area contributed by atoms with Crippen LogP contribution in [0.5, 0.6) is 0 Å². The molecule has 0 bridgehead atoms. The van der Waals surface area contributed by atoms with Crippen LogP contribution in [0.15, 0.2) is 48.1 Å². The van der Waals surface area contributed by atoms with E-state index in [4.69, 9.17) is 0 Å². The van der Waals surface area contributed by atoms with E-state index in [0.29, 0.717) is 0 Å². The molecule has 0 heterocycles. The quantitative estimate of drug-likeness (QED) is 0.548. The Morgan fingerprint density at radius 1 is 1.43 bits per heavy atom. The number of rotatable bonds is 2. The number of hydrogen-bond donors (Lipinski definition) is 0. The minimum Gasteiger partial charge on any atom is -0.0985 e. The van der Waals surface area contributed by atoms with Crippen LogP contribution < -0.4 is 0 Å². The standard InChI is InChI=1S/C11H14.C3H8/c1-3-10(4-2)11-8-6-5-7-9-11;1-3-2/h3-4,6,8-9H,1,5,7H2,2H3;3H2,1-2H3/b10-4+;. The first-order valence-corrected chi connectivity index (χ1v) is 5.45. The van der Waals surface area contributed by atoms with Crippen molar-refractivity contribution in [3.8, 4) is 0 Å². The lowest BCUT2D eigenvalue weighted by molar-refractivity contribution is 1.02. The summed E-state index contributed by atoms with van der Waals surface area (Å²) < 4.78 is 0. The van der Waals surface area contributed by atoms with Gasteiger partial charge in [-0.15, -0.1) is 0 Å². The molecule has 0 N–H and O–H groups in total. The van der Waals surface area contributed by atoms with Gasteiger partial charge in [0.05, 0.1) is 0 Å². The normalized spacial score (nSPS) is 15.4. The molecule has 0 fully saturated rings. The molecule has 0 atom stereocenters. The van der Waals surface area contributed by atoms with E-state index in [1.807, 2.05) is 13.0 Å². The summed E-state index contributed by atoms with van der Waals surface area (Å²) in [5.41, 5.74) is 2.55. The van der Waals surface area contributed by atoms with Gasteiger partial charge >= 0.3 is 0 Å². The van der Waals surface area contributed by atoms with Crippen molar-refractivity contribution in [3.05, 3.63) is 48.1 Å². The van der Waals surface area contributed by atoms with Gasteiger partial charge in [0, 0.05) is 0 Å². The Morgan fingerprint density at radius 3 is 2.43 bits per heavy atom. The van der Waals surface area contributed by atoms with E-state index in [9.17, 15) is 0 Å². The molecule has 14 heavy (non-hydrogen) atoms. The van der Waals surface area contributed by atoms with Crippen LogP contribution in [-0.4, -0.2) is 0 Å². The van der Waals surface area contributed by atoms with Crippen LogP contribution in [0.25, 0.3) is 0 Å². The highest BCUT2D eigenvalue weighted by atomic mass is 14.0. The van der Waals surface area contributed by atoms with Crippen LogP contribution in [0.4, 0.5) is 0 Å². The predicted molar refractivity (Wildman–Crippen MR) is 66.4 cm³/mol. The molecule has 0 spiro atoms. The Bertz CT molecular complexity index is 239. The maximum absolute atomic E-state index is 3.76. The third-order valence-electron chi connectivity index (χ3n) is 1.86. The van der Waals surface area contributed by atoms with Gasteiger partial charge in [0.25, 0.3) is 0 Å². The van der Waals surface area contributed by atoms with Crippen molar-refractivity contribution < 1.29 is 0 Å². The van der Waals surface area contributed by atoms with E-state index >= 15 is 0 Å². The molecular formula is C14H22. The second kappa shape index (κ2) is 8.55. The Morgan fingerprint density at radius 2 is 2.07 bits per heavy atom. The molecule has 0 aromatic rings. The maximum Gasteiger partial charge on any atom is -0.0231 e. The third-order valence-corrected chi connectivity index (χ3v) is 1.86. The first kappa shape index (κ1) is 13.0. The Labute approximate surface area is 88.7 Å². The molecule has 78 valence electrons. The molecule has 0 aliphatic heterocycles. The summed E-state index contributed by atoms with van der Waals surface area (Å²) in [6, 6.07) is 0. The van der Waals surface area contributed by atoms with Crippen LogP contribution in [0.3, 0.4) is 0 Å². The van der Waals surface area contributed by atoms with E-state index in [2.05, 4.69) is 44.7 Å². The van der Waals surface area contributed by atoms with Gasteiger partial charge in [0.1, 0.15) is 0 Å². The fourth-order valence-electron chi connectivity index (χ4n) is 1.23. The highest BCUT2D eigenvalue weighted by molar-refractivity contribution is 5.46. The molecule has 0 saturated heterocycles. The summed E-state index contributed by atoms with van der Waals surface area (Å²) in [4.78, 5) is 0. The van der Waals surface area contributed by atoms with Crippen molar-refractivity contribution in [1.29, 1.82) is 0 Å². The highest BCUT2D eigenvalue weighted by Gasteiger charge is 1.98. The summed E-state index contributed by atoms with van der Waals surface area (Å²) in [5, 5.41) is 0. The predicted octanol–water partition coefficient (Wildman–Crippen LogP) is 4.81. The van der Waals surface area contributed by atoms with Crippen molar-refractivity contribution in [2.75, 3.05) is 0 Å². The molecule has 0 radical (unpaired) electrons. The summed E-state index contributed by atoms with van der Waals surface area (Å²) in [5.74, 6) is 0. The average Bonchev–Trinajstić information content (AvgIpc) is 2.22. The minimum atomic E-state index is 1.16. The topological polar surface area (TPSA) is 0 Å². The van der Waals surface area contributed by atoms with Crippen molar-refractivity contribution in [3.63, 3.8) is 0 Å². The molecule has 0 nitrogen and oxygen atoms in total. The number of allylic oxidation sites excluding steroid dienone is 7. The van der Waals surface area contributed by atoms with Gasteiger partial charge in [-0.3, -0.25) is 0 Å². The maximum atomic E-state index is 3.76. The van der Waals surface area contributed by atoms with Crippen LogP contribution in [0.2, 0.25) is 0 Å². The average molecular weight is 190 g/mol. The fraction of sp³-hybridized carbons (Fsp3) is 0.429. The van der Waals surface area contributed by atoms with E-state index < -0.39 is 0 Å². The third kappa shape index (κ3) is 4.86. The Balaban J connectivity index is 0.000000500. The van der Waals surface area contributed by atoms with Gasteiger partial charge in [-0.2, -0.15) is 0 Å². The summed E-state index contributed by atoms with van der Waals surface area (Å²) >= 11 is 0. The summed E-state index contributed by atoms with van der Waals surface area (Å²) in [6.45, 7) is 10.1. The van der Waals surface area contributed by atoms with E-state index in [1.165, 1.54) is 24.0 Å². The molecule has 0 aromatic heterocycles. The minimum absolute atomic E-state index is 1.16. The summed E-state index contributed by atoms with van der Waals surface area (Å²) in [6.07, 6.45) is 14.2. The van der Waals surface area contributed by atoms with Gasteiger partial charge in [-0.25, -0.2) is 0 Å². The van der Waals surface area contributed by atoms with Gasteiger partial charge < -0.3 is 0 Å². The molecule has 0 unspecified atom stereocenters. The zero-order chi connectivity index (χ0) is 10.8. The van der Waals surface area contributed by atoms with E-state index in [-0.39, 0.29) is 0 Å². The molecule has 1 rings (SSSR count). The second-order valence-corrected chi connectivity index (χ2v) is 3.29. The molecule has 0 aromatic carbocycles. The zero-order valence-electron chi connectivity index (χ0n) is 9.72. The van der Waals surface area contributed by atoms with E-state index in [0.717, 1.165) is 6.42 Å².